The van der Waals surface area contributed by atoms with Gasteiger partial charge in [-0.1, -0.05) is 40.1 Å². The van der Waals surface area contributed by atoms with E-state index in [1.165, 1.54) is 0 Å². The van der Waals surface area contributed by atoms with Crippen LogP contribution in [0.15, 0.2) is 33.3 Å². The van der Waals surface area contributed by atoms with Crippen molar-refractivity contribution in [2.24, 2.45) is 5.73 Å². The highest BCUT2D eigenvalue weighted by atomic mass is 79.9. The Labute approximate surface area is 108 Å². The SMILES string of the molecule is CCC(N)c1noc(Cc2cccc(Br)c2)n1. The van der Waals surface area contributed by atoms with Crippen LogP contribution in [0.4, 0.5) is 0 Å². The Hall–Kier alpha value is -1.20. The molecule has 0 saturated carbocycles. The topological polar surface area (TPSA) is 64.9 Å². The van der Waals surface area contributed by atoms with Crippen LogP contribution in [-0.2, 0) is 6.42 Å². The van der Waals surface area contributed by atoms with Crippen LogP contribution in [-0.4, -0.2) is 10.1 Å². The van der Waals surface area contributed by atoms with Crippen molar-refractivity contribution in [3.05, 3.63) is 46.0 Å². The lowest BCUT2D eigenvalue weighted by Gasteiger charge is -1.99. The van der Waals surface area contributed by atoms with Crippen LogP contribution < -0.4 is 5.73 Å². The zero-order valence-corrected chi connectivity index (χ0v) is 11.1. The van der Waals surface area contributed by atoms with Crippen molar-refractivity contribution in [1.29, 1.82) is 0 Å². The molecule has 2 N–H and O–H groups in total. The van der Waals surface area contributed by atoms with Gasteiger partial charge in [-0.2, -0.15) is 4.98 Å². The van der Waals surface area contributed by atoms with Crippen LogP contribution in [0.25, 0.3) is 0 Å². The van der Waals surface area contributed by atoms with Crippen LogP contribution >= 0.6 is 15.9 Å². The first kappa shape index (κ1) is 12.3. The number of hydrogen-bond acceptors (Lipinski definition) is 4. The molecule has 0 amide bonds. The zero-order chi connectivity index (χ0) is 12.3. The molecule has 2 rings (SSSR count). The summed E-state index contributed by atoms with van der Waals surface area (Å²) in [5.74, 6) is 1.18. The molecule has 0 saturated heterocycles. The number of halogens is 1. The molecule has 0 radical (unpaired) electrons. The molecule has 0 aliphatic carbocycles. The number of hydrogen-bond donors (Lipinski definition) is 1. The molecule has 5 heteroatoms. The minimum atomic E-state index is -0.144. The van der Waals surface area contributed by atoms with Crippen molar-refractivity contribution in [3.63, 3.8) is 0 Å². The van der Waals surface area contributed by atoms with E-state index in [0.717, 1.165) is 16.5 Å². The first-order valence-corrected chi connectivity index (χ1v) is 6.31. The van der Waals surface area contributed by atoms with Crippen LogP contribution in [0.3, 0.4) is 0 Å². The standard InChI is InChI=1S/C12H14BrN3O/c1-2-10(14)12-15-11(17-16-12)7-8-4-3-5-9(13)6-8/h3-6,10H,2,7,14H2,1H3. The van der Waals surface area contributed by atoms with E-state index in [9.17, 15) is 0 Å². The smallest absolute Gasteiger partial charge is 0.231 e. The molecule has 0 aliphatic heterocycles. The van der Waals surface area contributed by atoms with Gasteiger partial charge in [-0.05, 0) is 24.1 Å². The second kappa shape index (κ2) is 5.42. The molecule has 0 bridgehead atoms. The highest BCUT2D eigenvalue weighted by Gasteiger charge is 2.12. The molecule has 0 fully saturated rings. The van der Waals surface area contributed by atoms with E-state index in [1.54, 1.807) is 0 Å². The molecule has 0 spiro atoms. The van der Waals surface area contributed by atoms with Gasteiger partial charge < -0.3 is 10.3 Å². The second-order valence-corrected chi connectivity index (χ2v) is 4.78. The highest BCUT2D eigenvalue weighted by Crippen LogP contribution is 2.16. The van der Waals surface area contributed by atoms with Crippen molar-refractivity contribution in [2.45, 2.75) is 25.8 Å². The number of aromatic nitrogens is 2. The van der Waals surface area contributed by atoms with Crippen molar-refractivity contribution >= 4 is 15.9 Å². The lowest BCUT2D eigenvalue weighted by Crippen LogP contribution is -2.10. The van der Waals surface area contributed by atoms with Gasteiger partial charge in [0.25, 0.3) is 0 Å². The maximum absolute atomic E-state index is 5.83. The maximum atomic E-state index is 5.83. The number of benzene rings is 1. The summed E-state index contributed by atoms with van der Waals surface area (Å²) in [4.78, 5) is 4.29. The summed E-state index contributed by atoms with van der Waals surface area (Å²) >= 11 is 3.43. The summed E-state index contributed by atoms with van der Waals surface area (Å²) in [5.41, 5.74) is 6.96. The Morgan fingerprint density at radius 2 is 2.29 bits per heavy atom. The third kappa shape index (κ3) is 3.14. The van der Waals surface area contributed by atoms with Crippen molar-refractivity contribution in [1.82, 2.24) is 10.1 Å². The van der Waals surface area contributed by atoms with E-state index in [2.05, 4.69) is 26.1 Å². The predicted molar refractivity (Wildman–Crippen MR) is 68.5 cm³/mol. The minimum absolute atomic E-state index is 0.144. The largest absolute Gasteiger partial charge is 0.339 e. The monoisotopic (exact) mass is 295 g/mol. The fourth-order valence-corrected chi connectivity index (χ4v) is 1.94. The average Bonchev–Trinajstić information content (AvgIpc) is 2.76. The fourth-order valence-electron chi connectivity index (χ4n) is 1.49. The predicted octanol–water partition coefficient (Wildman–Crippen LogP) is 2.83. The van der Waals surface area contributed by atoms with Crippen molar-refractivity contribution < 1.29 is 4.52 Å². The Balaban J connectivity index is 2.11. The summed E-state index contributed by atoms with van der Waals surface area (Å²) in [5, 5.41) is 3.88. The third-order valence-corrected chi connectivity index (χ3v) is 2.99. The summed E-state index contributed by atoms with van der Waals surface area (Å²) < 4.78 is 6.22. The van der Waals surface area contributed by atoms with Gasteiger partial charge >= 0.3 is 0 Å². The van der Waals surface area contributed by atoms with E-state index < -0.39 is 0 Å². The van der Waals surface area contributed by atoms with Gasteiger partial charge in [-0.15, -0.1) is 0 Å². The molecular formula is C12H14BrN3O. The first-order chi connectivity index (χ1) is 8.19. The maximum Gasteiger partial charge on any atom is 0.231 e. The second-order valence-electron chi connectivity index (χ2n) is 3.87. The minimum Gasteiger partial charge on any atom is -0.339 e. The van der Waals surface area contributed by atoms with E-state index in [-0.39, 0.29) is 6.04 Å². The van der Waals surface area contributed by atoms with Gasteiger partial charge in [0, 0.05) is 4.47 Å². The molecule has 1 aromatic carbocycles. The van der Waals surface area contributed by atoms with E-state index in [1.807, 2.05) is 31.2 Å². The normalized spacial score (nSPS) is 12.6. The van der Waals surface area contributed by atoms with Gasteiger partial charge in [-0.25, -0.2) is 0 Å². The molecule has 17 heavy (non-hydrogen) atoms. The highest BCUT2D eigenvalue weighted by molar-refractivity contribution is 9.10. The van der Waals surface area contributed by atoms with Gasteiger partial charge in [-0.3, -0.25) is 0 Å². The molecule has 0 aliphatic rings. The number of nitrogens with zero attached hydrogens (tertiary/aromatic N) is 2. The molecule has 1 atom stereocenters. The van der Waals surface area contributed by atoms with Crippen LogP contribution in [0.2, 0.25) is 0 Å². The molecule has 1 unspecified atom stereocenters. The van der Waals surface area contributed by atoms with Crippen molar-refractivity contribution in [2.75, 3.05) is 0 Å². The zero-order valence-electron chi connectivity index (χ0n) is 9.56. The van der Waals surface area contributed by atoms with E-state index in [0.29, 0.717) is 18.1 Å². The summed E-state index contributed by atoms with van der Waals surface area (Å²) in [6.07, 6.45) is 1.43. The Kier molecular flexibility index (Phi) is 3.91. The van der Waals surface area contributed by atoms with Crippen molar-refractivity contribution in [3.8, 4) is 0 Å². The van der Waals surface area contributed by atoms with Gasteiger partial charge in [0.2, 0.25) is 5.89 Å². The number of nitrogens with two attached hydrogens (primary N) is 1. The van der Waals surface area contributed by atoms with Crippen LogP contribution in [0, 0.1) is 0 Å². The Morgan fingerprint density at radius 3 is 3.00 bits per heavy atom. The quantitative estimate of drug-likeness (QED) is 0.942. The molecule has 4 nitrogen and oxygen atoms in total. The summed E-state index contributed by atoms with van der Waals surface area (Å²) in [6.45, 7) is 2.00. The molecule has 1 heterocycles. The fraction of sp³-hybridized carbons (Fsp3) is 0.333. The third-order valence-electron chi connectivity index (χ3n) is 2.50. The lowest BCUT2D eigenvalue weighted by atomic mass is 10.1. The van der Waals surface area contributed by atoms with Crippen LogP contribution in [0.5, 0.6) is 0 Å². The lowest BCUT2D eigenvalue weighted by molar-refractivity contribution is 0.375. The first-order valence-electron chi connectivity index (χ1n) is 5.51. The molecule has 90 valence electrons. The van der Waals surface area contributed by atoms with Gasteiger partial charge in [0.05, 0.1) is 12.5 Å². The molecule has 1 aromatic heterocycles. The molecule has 2 aromatic rings. The summed E-state index contributed by atoms with van der Waals surface area (Å²) in [7, 11) is 0. The Bertz CT molecular complexity index is 498. The van der Waals surface area contributed by atoms with Gasteiger partial charge in [0.15, 0.2) is 5.82 Å². The van der Waals surface area contributed by atoms with E-state index >= 15 is 0 Å². The van der Waals surface area contributed by atoms with E-state index in [4.69, 9.17) is 10.3 Å². The Morgan fingerprint density at radius 1 is 1.47 bits per heavy atom. The average molecular weight is 296 g/mol. The summed E-state index contributed by atoms with van der Waals surface area (Å²) in [6, 6.07) is 7.87. The van der Waals surface area contributed by atoms with Gasteiger partial charge in [0.1, 0.15) is 0 Å². The van der Waals surface area contributed by atoms with Crippen LogP contribution in [0.1, 0.15) is 36.7 Å². The molecular weight excluding hydrogens is 282 g/mol. The number of rotatable bonds is 4.